The molecule has 0 spiro atoms. The lowest BCUT2D eigenvalue weighted by Crippen LogP contribution is -2.44. The minimum atomic E-state index is -0.141. The summed E-state index contributed by atoms with van der Waals surface area (Å²) in [7, 11) is 0. The highest BCUT2D eigenvalue weighted by atomic mass is 35.5. The minimum absolute atomic E-state index is 0.0316. The summed E-state index contributed by atoms with van der Waals surface area (Å²) in [5.74, 6) is 0.472. The van der Waals surface area contributed by atoms with Crippen molar-refractivity contribution in [1.82, 2.24) is 5.32 Å². The normalized spacial score (nSPS) is 18.9. The molecule has 1 aromatic carbocycles. The Kier molecular flexibility index (Phi) is 3.82. The van der Waals surface area contributed by atoms with E-state index >= 15 is 0 Å². The molecule has 0 saturated heterocycles. The number of halogens is 2. The van der Waals surface area contributed by atoms with E-state index in [2.05, 4.69) is 5.32 Å². The molecular weight excluding hydrogens is 225 g/mol. The maximum Gasteiger partial charge on any atom is 0.127 e. The van der Waals surface area contributed by atoms with Gasteiger partial charge in [0, 0.05) is 23.5 Å². The van der Waals surface area contributed by atoms with Crippen LogP contribution >= 0.6 is 11.6 Å². The van der Waals surface area contributed by atoms with E-state index in [0.717, 1.165) is 18.4 Å². The van der Waals surface area contributed by atoms with Crippen molar-refractivity contribution in [3.8, 4) is 0 Å². The van der Waals surface area contributed by atoms with Gasteiger partial charge in [0.25, 0.3) is 0 Å². The largest absolute Gasteiger partial charge is 0.306 e. The number of benzene rings is 1. The van der Waals surface area contributed by atoms with Crippen molar-refractivity contribution in [3.05, 3.63) is 35.6 Å². The molecule has 1 aliphatic carbocycles. The molecule has 0 aromatic heterocycles. The average molecular weight is 242 g/mol. The van der Waals surface area contributed by atoms with E-state index in [0.29, 0.717) is 12.4 Å². The third-order valence-corrected chi connectivity index (χ3v) is 3.94. The van der Waals surface area contributed by atoms with Crippen molar-refractivity contribution in [1.29, 1.82) is 0 Å². The van der Waals surface area contributed by atoms with Gasteiger partial charge in [0.1, 0.15) is 5.82 Å². The first-order valence-electron chi connectivity index (χ1n) is 5.80. The van der Waals surface area contributed by atoms with Crippen LogP contribution in [0.2, 0.25) is 0 Å². The van der Waals surface area contributed by atoms with Crippen molar-refractivity contribution in [3.63, 3.8) is 0 Å². The van der Waals surface area contributed by atoms with Crippen molar-refractivity contribution in [2.75, 3.05) is 5.88 Å². The lowest BCUT2D eigenvalue weighted by Gasteiger charge is -2.28. The van der Waals surface area contributed by atoms with Gasteiger partial charge in [-0.1, -0.05) is 31.0 Å². The molecule has 2 rings (SSSR count). The molecule has 1 aromatic rings. The van der Waals surface area contributed by atoms with Crippen LogP contribution in [0.4, 0.5) is 4.39 Å². The first-order valence-corrected chi connectivity index (χ1v) is 6.34. The van der Waals surface area contributed by atoms with E-state index in [1.54, 1.807) is 6.07 Å². The molecule has 1 N–H and O–H groups in total. The Morgan fingerprint density at radius 1 is 1.25 bits per heavy atom. The Hall–Kier alpha value is -0.600. The van der Waals surface area contributed by atoms with Crippen molar-refractivity contribution in [2.24, 2.45) is 0 Å². The van der Waals surface area contributed by atoms with E-state index in [9.17, 15) is 4.39 Å². The summed E-state index contributed by atoms with van der Waals surface area (Å²) < 4.78 is 13.4. The fraction of sp³-hybridized carbons (Fsp3) is 0.538. The van der Waals surface area contributed by atoms with Gasteiger partial charge >= 0.3 is 0 Å². The topological polar surface area (TPSA) is 12.0 Å². The monoisotopic (exact) mass is 241 g/mol. The van der Waals surface area contributed by atoms with E-state index in [1.807, 2.05) is 12.1 Å². The standard InChI is InChI=1S/C13H17ClFN/c14-10-13(7-3-4-8-13)16-9-11-5-1-2-6-12(11)15/h1-2,5-6,16H,3-4,7-10H2. The zero-order valence-corrected chi connectivity index (χ0v) is 10.1. The van der Waals surface area contributed by atoms with Crippen molar-refractivity contribution >= 4 is 11.6 Å². The predicted octanol–water partition coefficient (Wildman–Crippen LogP) is 3.47. The van der Waals surface area contributed by atoms with Crippen LogP contribution in [-0.2, 0) is 6.54 Å². The third-order valence-electron chi connectivity index (χ3n) is 3.43. The van der Waals surface area contributed by atoms with E-state index in [4.69, 9.17) is 11.6 Å². The second kappa shape index (κ2) is 5.15. The lowest BCUT2D eigenvalue weighted by atomic mass is 10.00. The van der Waals surface area contributed by atoms with Gasteiger partial charge in [-0.25, -0.2) is 4.39 Å². The van der Waals surface area contributed by atoms with Gasteiger partial charge in [0.05, 0.1) is 0 Å². The van der Waals surface area contributed by atoms with Gasteiger partial charge in [-0.15, -0.1) is 11.6 Å². The fourth-order valence-corrected chi connectivity index (χ4v) is 2.70. The molecule has 3 heteroatoms. The summed E-state index contributed by atoms with van der Waals surface area (Å²) in [5.41, 5.74) is 0.753. The smallest absolute Gasteiger partial charge is 0.127 e. The van der Waals surface area contributed by atoms with Crippen LogP contribution in [0.1, 0.15) is 31.2 Å². The average Bonchev–Trinajstić information content (AvgIpc) is 2.78. The molecule has 0 amide bonds. The Morgan fingerprint density at radius 2 is 1.94 bits per heavy atom. The second-order valence-corrected chi connectivity index (χ2v) is 4.83. The highest BCUT2D eigenvalue weighted by Crippen LogP contribution is 2.31. The molecule has 1 fully saturated rings. The number of alkyl halides is 1. The molecule has 0 bridgehead atoms. The Bertz CT molecular complexity index is 348. The summed E-state index contributed by atoms with van der Waals surface area (Å²) in [5, 5.41) is 3.43. The fourth-order valence-electron chi connectivity index (χ4n) is 2.33. The summed E-state index contributed by atoms with van der Waals surface area (Å²) in [6, 6.07) is 6.89. The van der Waals surface area contributed by atoms with Gasteiger partial charge < -0.3 is 5.32 Å². The second-order valence-electron chi connectivity index (χ2n) is 4.57. The van der Waals surface area contributed by atoms with Gasteiger partial charge in [0.2, 0.25) is 0 Å². The molecule has 0 unspecified atom stereocenters. The van der Waals surface area contributed by atoms with Gasteiger partial charge in [-0.05, 0) is 18.9 Å². The zero-order chi connectivity index (χ0) is 11.4. The Morgan fingerprint density at radius 3 is 2.56 bits per heavy atom. The molecule has 88 valence electrons. The molecule has 1 saturated carbocycles. The first kappa shape index (κ1) is 11.9. The lowest BCUT2D eigenvalue weighted by molar-refractivity contribution is 0.364. The Labute approximate surface area is 101 Å². The molecule has 0 heterocycles. The van der Waals surface area contributed by atoms with Crippen molar-refractivity contribution < 1.29 is 4.39 Å². The highest BCUT2D eigenvalue weighted by Gasteiger charge is 2.32. The molecule has 0 radical (unpaired) electrons. The molecule has 0 atom stereocenters. The van der Waals surface area contributed by atoms with Crippen molar-refractivity contribution in [2.45, 2.75) is 37.8 Å². The number of rotatable bonds is 4. The zero-order valence-electron chi connectivity index (χ0n) is 9.31. The Balaban J connectivity index is 1.98. The van der Waals surface area contributed by atoms with Crippen LogP contribution in [-0.4, -0.2) is 11.4 Å². The molecule has 16 heavy (non-hydrogen) atoms. The first-order chi connectivity index (χ1) is 7.76. The quantitative estimate of drug-likeness (QED) is 0.796. The number of hydrogen-bond donors (Lipinski definition) is 1. The van der Waals surface area contributed by atoms with Crippen LogP contribution < -0.4 is 5.32 Å². The van der Waals surface area contributed by atoms with E-state index in [-0.39, 0.29) is 11.4 Å². The molecule has 1 aliphatic rings. The highest BCUT2D eigenvalue weighted by molar-refractivity contribution is 6.18. The van der Waals surface area contributed by atoms with Gasteiger partial charge in [-0.2, -0.15) is 0 Å². The molecule has 0 aliphatic heterocycles. The maximum absolute atomic E-state index is 13.4. The van der Waals surface area contributed by atoms with Crippen LogP contribution in [0.5, 0.6) is 0 Å². The molecule has 1 nitrogen and oxygen atoms in total. The summed E-state index contributed by atoms with van der Waals surface area (Å²) >= 11 is 6.01. The number of hydrogen-bond acceptors (Lipinski definition) is 1. The summed E-state index contributed by atoms with van der Waals surface area (Å²) in [4.78, 5) is 0. The SMILES string of the molecule is Fc1ccccc1CNC1(CCl)CCCC1. The third kappa shape index (κ3) is 2.55. The van der Waals surface area contributed by atoms with Gasteiger partial charge in [-0.3, -0.25) is 0 Å². The van der Waals surface area contributed by atoms with Crippen LogP contribution in [0.3, 0.4) is 0 Å². The summed E-state index contributed by atoms with van der Waals surface area (Å²) in [6.45, 7) is 0.569. The van der Waals surface area contributed by atoms with Crippen LogP contribution in [0.15, 0.2) is 24.3 Å². The van der Waals surface area contributed by atoms with Crippen LogP contribution in [0.25, 0.3) is 0 Å². The summed E-state index contributed by atoms with van der Waals surface area (Å²) in [6.07, 6.45) is 4.64. The maximum atomic E-state index is 13.4. The molecular formula is C13H17ClFN. The van der Waals surface area contributed by atoms with Crippen LogP contribution in [0, 0.1) is 5.82 Å². The predicted molar refractivity (Wildman–Crippen MR) is 65.2 cm³/mol. The van der Waals surface area contributed by atoms with E-state index in [1.165, 1.54) is 18.9 Å². The van der Waals surface area contributed by atoms with Gasteiger partial charge in [0.15, 0.2) is 0 Å². The number of nitrogens with one attached hydrogen (secondary N) is 1. The minimum Gasteiger partial charge on any atom is -0.306 e. The van der Waals surface area contributed by atoms with E-state index < -0.39 is 0 Å².